The van der Waals surface area contributed by atoms with E-state index in [2.05, 4.69) is 15.2 Å². The van der Waals surface area contributed by atoms with Crippen molar-refractivity contribution in [2.45, 2.75) is 44.2 Å². The summed E-state index contributed by atoms with van der Waals surface area (Å²) in [4.78, 5) is 6.26. The average Bonchev–Trinajstić information content (AvgIpc) is 3.50. The van der Waals surface area contributed by atoms with Gasteiger partial charge in [0.25, 0.3) is 0 Å². The molecule has 1 aliphatic carbocycles. The molecule has 0 N–H and O–H groups in total. The first-order chi connectivity index (χ1) is 15.0. The lowest BCUT2D eigenvalue weighted by Crippen LogP contribution is -2.35. The minimum absolute atomic E-state index is 0.103. The Kier molecular flexibility index (Phi) is 4.98. The number of aromatic nitrogens is 4. The Morgan fingerprint density at radius 2 is 1.87 bits per heavy atom. The van der Waals surface area contributed by atoms with Gasteiger partial charge in [-0.2, -0.15) is 13.2 Å². The van der Waals surface area contributed by atoms with Gasteiger partial charge in [-0.25, -0.2) is 0 Å². The minimum Gasteiger partial charge on any atom is -0.495 e. The van der Waals surface area contributed by atoms with E-state index >= 15 is 0 Å². The van der Waals surface area contributed by atoms with Gasteiger partial charge < -0.3 is 9.64 Å². The second kappa shape index (κ2) is 7.69. The second-order valence-corrected chi connectivity index (χ2v) is 8.38. The van der Waals surface area contributed by atoms with Crippen molar-refractivity contribution in [2.24, 2.45) is 5.92 Å². The van der Waals surface area contributed by atoms with E-state index in [4.69, 9.17) is 4.74 Å². The van der Waals surface area contributed by atoms with Crippen molar-refractivity contribution in [3.8, 4) is 5.75 Å². The van der Waals surface area contributed by atoms with E-state index in [1.165, 1.54) is 4.40 Å². The molecule has 9 heteroatoms. The molecular formula is C22H24F3N5O. The molecule has 3 aromatic heterocycles. The number of hydrogen-bond donors (Lipinski definition) is 0. The fourth-order valence-electron chi connectivity index (χ4n) is 4.52. The maximum atomic E-state index is 14.1. The van der Waals surface area contributed by atoms with Crippen molar-refractivity contribution < 1.29 is 17.9 Å². The molecule has 1 aliphatic heterocycles. The fourth-order valence-corrected chi connectivity index (χ4v) is 4.52. The van der Waals surface area contributed by atoms with Crippen molar-refractivity contribution in [3.63, 3.8) is 0 Å². The van der Waals surface area contributed by atoms with Gasteiger partial charge in [-0.3, -0.25) is 9.38 Å². The molecule has 0 atom stereocenters. The molecule has 3 aromatic rings. The van der Waals surface area contributed by atoms with Crippen molar-refractivity contribution >= 4 is 11.3 Å². The summed E-state index contributed by atoms with van der Waals surface area (Å²) >= 11 is 0. The Bertz CT molecular complexity index is 1080. The number of ether oxygens (including phenoxy) is 1. The van der Waals surface area contributed by atoms with Crippen LogP contribution >= 0.6 is 0 Å². The Hall–Kier alpha value is -2.84. The molecule has 4 heterocycles. The predicted octanol–water partition coefficient (Wildman–Crippen LogP) is 4.49. The fraction of sp³-hybridized carbons (Fsp3) is 0.500. The maximum Gasteiger partial charge on any atom is 0.422 e. The topological polar surface area (TPSA) is 55.5 Å². The van der Waals surface area contributed by atoms with Crippen LogP contribution < -0.4 is 9.64 Å². The molecule has 164 valence electrons. The van der Waals surface area contributed by atoms with E-state index in [1.54, 1.807) is 25.6 Å². The molecule has 31 heavy (non-hydrogen) atoms. The van der Waals surface area contributed by atoms with E-state index in [0.29, 0.717) is 44.1 Å². The molecule has 0 radical (unpaired) electrons. The number of hydrogen-bond acceptors (Lipinski definition) is 5. The lowest BCUT2D eigenvalue weighted by atomic mass is 9.92. The van der Waals surface area contributed by atoms with Crippen molar-refractivity contribution in [1.29, 1.82) is 0 Å². The largest absolute Gasteiger partial charge is 0.495 e. The molecule has 0 unspecified atom stereocenters. The quantitative estimate of drug-likeness (QED) is 0.596. The summed E-state index contributed by atoms with van der Waals surface area (Å²) in [7, 11) is 1.61. The Balaban J connectivity index is 1.44. The van der Waals surface area contributed by atoms with Gasteiger partial charge in [0, 0.05) is 37.8 Å². The second-order valence-electron chi connectivity index (χ2n) is 8.38. The highest BCUT2D eigenvalue weighted by atomic mass is 19.4. The van der Waals surface area contributed by atoms with Crippen LogP contribution in [0.15, 0.2) is 30.6 Å². The zero-order chi connectivity index (χ0) is 21.6. The Morgan fingerprint density at radius 1 is 1.10 bits per heavy atom. The minimum atomic E-state index is -4.51. The molecule has 2 aliphatic rings. The van der Waals surface area contributed by atoms with E-state index in [1.807, 2.05) is 17.0 Å². The first-order valence-electron chi connectivity index (χ1n) is 10.6. The molecule has 5 rings (SSSR count). The highest BCUT2D eigenvalue weighted by Gasteiger charge is 2.40. The zero-order valence-electron chi connectivity index (χ0n) is 17.3. The van der Waals surface area contributed by atoms with Crippen LogP contribution in [-0.2, 0) is 12.6 Å². The number of halogens is 3. The van der Waals surface area contributed by atoms with Gasteiger partial charge in [-0.15, -0.1) is 10.2 Å². The molecule has 0 bridgehead atoms. The highest BCUT2D eigenvalue weighted by Crippen LogP contribution is 2.42. The monoisotopic (exact) mass is 431 g/mol. The number of pyridine rings is 2. The van der Waals surface area contributed by atoms with Crippen LogP contribution in [0, 0.1) is 5.92 Å². The first kappa shape index (κ1) is 20.1. The third kappa shape index (κ3) is 3.81. The van der Waals surface area contributed by atoms with Gasteiger partial charge in [0.2, 0.25) is 0 Å². The predicted molar refractivity (Wildman–Crippen MR) is 109 cm³/mol. The number of rotatable bonds is 5. The summed E-state index contributed by atoms with van der Waals surface area (Å²) in [6.07, 6.45) is 3.20. The number of alkyl halides is 3. The molecule has 1 saturated carbocycles. The van der Waals surface area contributed by atoms with Gasteiger partial charge >= 0.3 is 6.18 Å². The summed E-state index contributed by atoms with van der Waals surface area (Å²) in [6, 6.07) is 5.25. The van der Waals surface area contributed by atoms with Gasteiger partial charge in [0.15, 0.2) is 5.65 Å². The molecule has 1 saturated heterocycles. The number of piperidine rings is 1. The first-order valence-corrected chi connectivity index (χ1v) is 10.6. The van der Waals surface area contributed by atoms with E-state index in [-0.39, 0.29) is 17.3 Å². The molecule has 0 spiro atoms. The normalized spacial score (nSPS) is 18.0. The van der Waals surface area contributed by atoms with Crippen LogP contribution in [0.4, 0.5) is 18.9 Å². The SMILES string of the molecule is COc1cccnc1C1CCN(c2ccn3c(CC4CC4)nnc3c2C(F)(F)F)CC1. The molecule has 6 nitrogen and oxygen atoms in total. The van der Waals surface area contributed by atoms with Gasteiger partial charge in [-0.1, -0.05) is 0 Å². The van der Waals surface area contributed by atoms with Crippen LogP contribution in [0.25, 0.3) is 5.65 Å². The van der Waals surface area contributed by atoms with Gasteiger partial charge in [-0.05, 0) is 49.8 Å². The van der Waals surface area contributed by atoms with Crippen LogP contribution in [-0.4, -0.2) is 39.8 Å². The average molecular weight is 431 g/mol. The van der Waals surface area contributed by atoms with E-state index in [9.17, 15) is 13.2 Å². The molecular weight excluding hydrogens is 407 g/mol. The summed E-state index contributed by atoms with van der Waals surface area (Å²) < 4.78 is 49.3. The summed E-state index contributed by atoms with van der Waals surface area (Å²) in [5.74, 6) is 2.01. The lowest BCUT2D eigenvalue weighted by molar-refractivity contribution is -0.136. The van der Waals surface area contributed by atoms with E-state index < -0.39 is 11.7 Å². The third-order valence-corrected chi connectivity index (χ3v) is 6.32. The third-order valence-electron chi connectivity index (χ3n) is 6.32. The Morgan fingerprint density at radius 3 is 2.55 bits per heavy atom. The van der Waals surface area contributed by atoms with Gasteiger partial charge in [0.1, 0.15) is 17.1 Å². The number of anilines is 1. The van der Waals surface area contributed by atoms with Crippen LogP contribution in [0.2, 0.25) is 0 Å². The molecule has 0 amide bonds. The number of methoxy groups -OCH3 is 1. The van der Waals surface area contributed by atoms with Crippen LogP contribution in [0.5, 0.6) is 5.75 Å². The Labute approximate surface area is 178 Å². The summed E-state index contributed by atoms with van der Waals surface area (Å²) in [5.41, 5.74) is 0.253. The molecule has 2 fully saturated rings. The maximum absolute atomic E-state index is 14.1. The summed E-state index contributed by atoms with van der Waals surface area (Å²) in [6.45, 7) is 1.01. The highest BCUT2D eigenvalue weighted by molar-refractivity contribution is 5.67. The number of nitrogens with zero attached hydrogens (tertiary/aromatic N) is 5. The van der Waals surface area contributed by atoms with E-state index in [0.717, 1.165) is 24.3 Å². The molecule has 0 aromatic carbocycles. The van der Waals surface area contributed by atoms with Crippen molar-refractivity contribution in [1.82, 2.24) is 19.6 Å². The lowest BCUT2D eigenvalue weighted by Gasteiger charge is -2.35. The standard InChI is InChI=1S/C22H24F3N5O/c1-31-17-3-2-9-26-20(17)15-6-10-29(11-7-15)16-8-12-30-18(13-14-4-5-14)27-28-21(30)19(16)22(23,24)25/h2-3,8-9,12,14-15H,4-7,10-11,13H2,1H3. The number of fused-ring (bicyclic) bond motifs is 1. The zero-order valence-corrected chi connectivity index (χ0v) is 17.3. The summed E-state index contributed by atoms with van der Waals surface area (Å²) in [5, 5.41) is 8.03. The van der Waals surface area contributed by atoms with Crippen molar-refractivity contribution in [3.05, 3.63) is 47.7 Å². The van der Waals surface area contributed by atoms with Crippen LogP contribution in [0.1, 0.15) is 48.7 Å². The van der Waals surface area contributed by atoms with Crippen molar-refractivity contribution in [2.75, 3.05) is 25.1 Å². The van der Waals surface area contributed by atoms with Gasteiger partial charge in [0.05, 0.1) is 18.5 Å². The smallest absolute Gasteiger partial charge is 0.422 e. The van der Waals surface area contributed by atoms with Crippen LogP contribution in [0.3, 0.4) is 0 Å².